The molecule has 0 radical (unpaired) electrons. The molecule has 0 atom stereocenters. The van der Waals surface area contributed by atoms with Crippen LogP contribution >= 0.6 is 0 Å². The van der Waals surface area contributed by atoms with Gasteiger partial charge in [-0.05, 0) is 67.9 Å². The summed E-state index contributed by atoms with van der Waals surface area (Å²) in [6, 6.07) is 21.4. The van der Waals surface area contributed by atoms with Gasteiger partial charge in [0.1, 0.15) is 18.2 Å². The SMILES string of the molecule is CC(C)(Oc1ccc(F)cc1)C(=O)OCc1ccc(C(=O)Nc2ccccc2)cc1. The lowest BCUT2D eigenvalue weighted by Crippen LogP contribution is -2.39. The van der Waals surface area contributed by atoms with E-state index in [0.29, 0.717) is 17.0 Å². The first-order valence-electron chi connectivity index (χ1n) is 9.41. The van der Waals surface area contributed by atoms with Crippen LogP contribution in [0, 0.1) is 5.82 Å². The van der Waals surface area contributed by atoms with Gasteiger partial charge in [0.25, 0.3) is 5.91 Å². The molecule has 30 heavy (non-hydrogen) atoms. The first-order chi connectivity index (χ1) is 14.3. The number of esters is 1. The zero-order valence-electron chi connectivity index (χ0n) is 16.7. The summed E-state index contributed by atoms with van der Waals surface area (Å²) in [5, 5.41) is 2.81. The molecule has 1 N–H and O–H groups in total. The minimum Gasteiger partial charge on any atom is -0.476 e. The van der Waals surface area contributed by atoms with Gasteiger partial charge in [0, 0.05) is 11.3 Å². The Morgan fingerprint density at radius 3 is 2.17 bits per heavy atom. The van der Waals surface area contributed by atoms with E-state index in [1.807, 2.05) is 30.3 Å². The number of carbonyl (C=O) groups excluding carboxylic acids is 2. The Hall–Kier alpha value is -3.67. The summed E-state index contributed by atoms with van der Waals surface area (Å²) in [5.41, 5.74) is 0.697. The molecule has 0 aliphatic rings. The number of anilines is 1. The highest BCUT2D eigenvalue weighted by molar-refractivity contribution is 6.04. The van der Waals surface area contributed by atoms with Crippen molar-refractivity contribution in [3.8, 4) is 5.75 Å². The number of nitrogens with one attached hydrogen (secondary N) is 1. The lowest BCUT2D eigenvalue weighted by Gasteiger charge is -2.24. The van der Waals surface area contributed by atoms with Crippen molar-refractivity contribution in [3.05, 3.63) is 95.8 Å². The van der Waals surface area contributed by atoms with Crippen molar-refractivity contribution < 1.29 is 23.5 Å². The predicted octanol–water partition coefficient (Wildman–Crippen LogP) is 4.98. The second-order valence-electron chi connectivity index (χ2n) is 7.16. The first-order valence-corrected chi connectivity index (χ1v) is 9.41. The maximum Gasteiger partial charge on any atom is 0.350 e. The number of hydrogen-bond acceptors (Lipinski definition) is 4. The van der Waals surface area contributed by atoms with E-state index >= 15 is 0 Å². The smallest absolute Gasteiger partial charge is 0.350 e. The highest BCUT2D eigenvalue weighted by Crippen LogP contribution is 2.20. The second kappa shape index (κ2) is 9.22. The number of para-hydroxylation sites is 1. The van der Waals surface area contributed by atoms with E-state index in [0.717, 1.165) is 5.56 Å². The number of carbonyl (C=O) groups is 2. The predicted molar refractivity (Wildman–Crippen MR) is 112 cm³/mol. The average Bonchev–Trinajstić information content (AvgIpc) is 2.74. The summed E-state index contributed by atoms with van der Waals surface area (Å²) >= 11 is 0. The van der Waals surface area contributed by atoms with Gasteiger partial charge >= 0.3 is 5.97 Å². The molecule has 0 aliphatic carbocycles. The number of benzene rings is 3. The zero-order valence-corrected chi connectivity index (χ0v) is 16.7. The molecule has 3 aromatic rings. The van der Waals surface area contributed by atoms with Crippen LogP contribution in [0.2, 0.25) is 0 Å². The summed E-state index contributed by atoms with van der Waals surface area (Å²) in [6.07, 6.45) is 0. The van der Waals surface area contributed by atoms with Crippen LogP contribution in [-0.4, -0.2) is 17.5 Å². The van der Waals surface area contributed by atoms with Crippen molar-refractivity contribution in [2.75, 3.05) is 5.32 Å². The summed E-state index contributed by atoms with van der Waals surface area (Å²) in [7, 11) is 0. The van der Waals surface area contributed by atoms with Gasteiger partial charge in [-0.2, -0.15) is 0 Å². The van der Waals surface area contributed by atoms with Crippen LogP contribution in [-0.2, 0) is 16.1 Å². The van der Waals surface area contributed by atoms with Gasteiger partial charge in [0.2, 0.25) is 0 Å². The molecule has 0 heterocycles. The molecule has 5 nitrogen and oxygen atoms in total. The summed E-state index contributed by atoms with van der Waals surface area (Å²) < 4.78 is 24.0. The number of hydrogen-bond donors (Lipinski definition) is 1. The molecule has 3 aromatic carbocycles. The Morgan fingerprint density at radius 2 is 1.53 bits per heavy atom. The Bertz CT molecular complexity index is 1000. The monoisotopic (exact) mass is 407 g/mol. The normalized spacial score (nSPS) is 10.9. The molecule has 0 saturated carbocycles. The van der Waals surface area contributed by atoms with E-state index < -0.39 is 11.6 Å². The molecule has 0 fully saturated rings. The molecule has 0 aromatic heterocycles. The fraction of sp³-hybridized carbons (Fsp3) is 0.167. The molecule has 0 saturated heterocycles. The fourth-order valence-electron chi connectivity index (χ4n) is 2.64. The van der Waals surface area contributed by atoms with Crippen molar-refractivity contribution >= 4 is 17.6 Å². The maximum absolute atomic E-state index is 13.0. The number of halogens is 1. The number of ether oxygens (including phenoxy) is 2. The van der Waals surface area contributed by atoms with Gasteiger partial charge < -0.3 is 14.8 Å². The second-order valence-corrected chi connectivity index (χ2v) is 7.16. The first kappa shape index (κ1) is 21.0. The molecule has 0 bridgehead atoms. The lowest BCUT2D eigenvalue weighted by atomic mass is 10.1. The largest absolute Gasteiger partial charge is 0.476 e. The van der Waals surface area contributed by atoms with E-state index in [4.69, 9.17) is 9.47 Å². The molecular formula is C24H22FNO4. The molecule has 154 valence electrons. The molecule has 0 spiro atoms. The van der Waals surface area contributed by atoms with Crippen LogP contribution in [0.25, 0.3) is 0 Å². The van der Waals surface area contributed by atoms with Crippen LogP contribution in [0.5, 0.6) is 5.75 Å². The molecule has 1 amide bonds. The molecule has 0 unspecified atom stereocenters. The molecule has 3 rings (SSSR count). The molecule has 0 aliphatic heterocycles. The van der Waals surface area contributed by atoms with Crippen LogP contribution in [0.3, 0.4) is 0 Å². The fourth-order valence-corrected chi connectivity index (χ4v) is 2.64. The standard InChI is InChI=1S/C24H22FNO4/c1-24(2,30-21-14-12-19(25)13-15-21)23(28)29-16-17-8-10-18(11-9-17)22(27)26-20-6-4-3-5-7-20/h3-15H,16H2,1-2H3,(H,26,27). The third-order valence-electron chi connectivity index (χ3n) is 4.30. The van der Waals surface area contributed by atoms with E-state index in [2.05, 4.69) is 5.32 Å². The van der Waals surface area contributed by atoms with Crippen LogP contribution < -0.4 is 10.1 Å². The highest BCUT2D eigenvalue weighted by atomic mass is 19.1. The van der Waals surface area contributed by atoms with Crippen molar-refractivity contribution in [1.82, 2.24) is 0 Å². The van der Waals surface area contributed by atoms with Gasteiger partial charge in [-0.3, -0.25) is 4.79 Å². The third-order valence-corrected chi connectivity index (χ3v) is 4.30. The van der Waals surface area contributed by atoms with Gasteiger partial charge in [-0.1, -0.05) is 30.3 Å². The van der Waals surface area contributed by atoms with E-state index in [-0.39, 0.29) is 18.3 Å². The van der Waals surface area contributed by atoms with Crippen LogP contribution in [0.1, 0.15) is 29.8 Å². The van der Waals surface area contributed by atoms with Crippen molar-refractivity contribution in [2.24, 2.45) is 0 Å². The van der Waals surface area contributed by atoms with Crippen molar-refractivity contribution in [2.45, 2.75) is 26.1 Å². The minimum absolute atomic E-state index is 0.0373. The van der Waals surface area contributed by atoms with Crippen LogP contribution in [0.4, 0.5) is 10.1 Å². The van der Waals surface area contributed by atoms with Gasteiger partial charge in [0.05, 0.1) is 0 Å². The van der Waals surface area contributed by atoms with E-state index in [9.17, 15) is 14.0 Å². The Kier molecular flexibility index (Phi) is 6.47. The Balaban J connectivity index is 1.54. The summed E-state index contributed by atoms with van der Waals surface area (Å²) in [6.45, 7) is 3.20. The molecular weight excluding hydrogens is 385 g/mol. The van der Waals surface area contributed by atoms with Crippen LogP contribution in [0.15, 0.2) is 78.9 Å². The quantitative estimate of drug-likeness (QED) is 0.561. The maximum atomic E-state index is 13.0. The summed E-state index contributed by atoms with van der Waals surface area (Å²) in [5.74, 6) is -0.799. The zero-order chi connectivity index (χ0) is 21.6. The number of rotatable bonds is 7. The van der Waals surface area contributed by atoms with Crippen molar-refractivity contribution in [3.63, 3.8) is 0 Å². The van der Waals surface area contributed by atoms with Gasteiger partial charge in [-0.15, -0.1) is 0 Å². The number of amides is 1. The molecule has 6 heteroatoms. The highest BCUT2D eigenvalue weighted by Gasteiger charge is 2.32. The average molecular weight is 407 g/mol. The topological polar surface area (TPSA) is 64.6 Å². The Morgan fingerprint density at radius 1 is 0.900 bits per heavy atom. The third kappa shape index (κ3) is 5.67. The minimum atomic E-state index is -1.24. The van der Waals surface area contributed by atoms with Crippen molar-refractivity contribution in [1.29, 1.82) is 0 Å². The van der Waals surface area contributed by atoms with Gasteiger partial charge in [0.15, 0.2) is 5.60 Å². The summed E-state index contributed by atoms with van der Waals surface area (Å²) in [4.78, 5) is 24.7. The lowest BCUT2D eigenvalue weighted by molar-refractivity contribution is -0.160. The van der Waals surface area contributed by atoms with Gasteiger partial charge in [-0.25, -0.2) is 9.18 Å². The van der Waals surface area contributed by atoms with E-state index in [1.165, 1.54) is 24.3 Å². The van der Waals surface area contributed by atoms with E-state index in [1.54, 1.807) is 38.1 Å². The Labute approximate surface area is 174 Å².